The van der Waals surface area contributed by atoms with Crippen molar-refractivity contribution in [3.05, 3.63) is 11.6 Å². The van der Waals surface area contributed by atoms with Crippen LogP contribution in [0.1, 0.15) is 12.6 Å². The number of imidazole rings is 1. The predicted octanol–water partition coefficient (Wildman–Crippen LogP) is 0.591. The number of nitrogens with zero attached hydrogens (tertiary/aromatic N) is 4. The highest BCUT2D eigenvalue weighted by molar-refractivity contribution is 6.28. The van der Waals surface area contributed by atoms with Gasteiger partial charge in [-0.25, -0.2) is 4.98 Å². The van der Waals surface area contributed by atoms with Crippen molar-refractivity contribution in [2.75, 3.05) is 12.3 Å². The number of halogens is 1. The summed E-state index contributed by atoms with van der Waals surface area (Å²) in [6.07, 6.45) is 6.82. The summed E-state index contributed by atoms with van der Waals surface area (Å²) < 4.78 is 7.44. The molecule has 20 heavy (non-hydrogen) atoms. The monoisotopic (exact) mass is 293 g/mol. The lowest BCUT2D eigenvalue weighted by atomic mass is 10.0. The molecule has 0 saturated carbocycles. The van der Waals surface area contributed by atoms with Crippen LogP contribution in [0.3, 0.4) is 0 Å². The molecule has 3 heterocycles. The van der Waals surface area contributed by atoms with Crippen molar-refractivity contribution in [1.82, 2.24) is 19.5 Å². The quantitative estimate of drug-likeness (QED) is 0.621. The van der Waals surface area contributed by atoms with Crippen LogP contribution in [0, 0.1) is 18.3 Å². The van der Waals surface area contributed by atoms with Gasteiger partial charge in [-0.15, -0.1) is 12.3 Å². The Kier molecular flexibility index (Phi) is 3.22. The van der Waals surface area contributed by atoms with Crippen LogP contribution in [0.15, 0.2) is 6.33 Å². The molecule has 0 spiro atoms. The summed E-state index contributed by atoms with van der Waals surface area (Å²) in [4.78, 5) is 12.1. The number of rotatable bonds is 2. The molecule has 0 amide bonds. The minimum atomic E-state index is -0.392. The summed E-state index contributed by atoms with van der Waals surface area (Å²) >= 11 is 5.81. The van der Waals surface area contributed by atoms with Crippen LogP contribution in [-0.2, 0) is 4.74 Å². The van der Waals surface area contributed by atoms with Crippen molar-refractivity contribution in [1.29, 1.82) is 0 Å². The minimum absolute atomic E-state index is 0.0435. The minimum Gasteiger partial charge on any atom is -0.394 e. The lowest BCUT2D eigenvalue weighted by Gasteiger charge is -2.13. The second-order valence-electron chi connectivity index (χ2n) is 4.52. The topological polar surface area (TPSA) is 99.1 Å². The molecule has 1 saturated heterocycles. The van der Waals surface area contributed by atoms with Crippen molar-refractivity contribution in [3.8, 4) is 12.3 Å². The maximum absolute atomic E-state index is 9.27. The molecule has 0 radical (unpaired) electrons. The van der Waals surface area contributed by atoms with E-state index in [1.807, 2.05) is 0 Å². The number of aromatic nitrogens is 4. The molecule has 0 aromatic carbocycles. The fraction of sp³-hybridized carbons (Fsp3) is 0.417. The maximum Gasteiger partial charge on any atom is 0.226 e. The lowest BCUT2D eigenvalue weighted by Crippen LogP contribution is -2.19. The molecule has 7 nitrogen and oxygen atoms in total. The summed E-state index contributed by atoms with van der Waals surface area (Å²) in [5.74, 6) is 2.68. The summed E-state index contributed by atoms with van der Waals surface area (Å²) in [5, 5.41) is 9.32. The van der Waals surface area contributed by atoms with Crippen molar-refractivity contribution in [3.63, 3.8) is 0 Å². The molecule has 1 aliphatic rings. The van der Waals surface area contributed by atoms with Gasteiger partial charge in [0.2, 0.25) is 5.28 Å². The molecule has 3 N–H and O–H groups in total. The second kappa shape index (κ2) is 4.90. The van der Waals surface area contributed by atoms with Gasteiger partial charge in [-0.05, 0) is 11.6 Å². The fourth-order valence-electron chi connectivity index (χ4n) is 2.37. The Morgan fingerprint density at radius 1 is 1.60 bits per heavy atom. The van der Waals surface area contributed by atoms with E-state index < -0.39 is 6.10 Å². The number of ether oxygens (including phenoxy) is 1. The predicted molar refractivity (Wildman–Crippen MR) is 72.7 cm³/mol. The van der Waals surface area contributed by atoms with Gasteiger partial charge >= 0.3 is 0 Å². The molecule has 0 bridgehead atoms. The SMILES string of the molecule is C#C[C@@H]1C[C@H](n2cnc3c(N)nc(Cl)nc32)O[C@@H]1CO. The fourth-order valence-corrected chi connectivity index (χ4v) is 2.54. The summed E-state index contributed by atoms with van der Waals surface area (Å²) in [6.45, 7) is -0.129. The number of nitrogens with two attached hydrogens (primary N) is 1. The van der Waals surface area contributed by atoms with Crippen LogP contribution >= 0.6 is 11.6 Å². The van der Waals surface area contributed by atoms with Crippen LogP contribution in [-0.4, -0.2) is 37.3 Å². The van der Waals surface area contributed by atoms with E-state index in [1.54, 1.807) is 10.9 Å². The zero-order chi connectivity index (χ0) is 14.3. The van der Waals surface area contributed by atoms with Gasteiger partial charge in [0, 0.05) is 6.42 Å². The molecule has 2 aromatic rings. The number of nitrogen functional groups attached to an aromatic ring is 1. The van der Waals surface area contributed by atoms with E-state index in [9.17, 15) is 5.11 Å². The Hall–Kier alpha value is -1.88. The Balaban J connectivity index is 2.02. The van der Waals surface area contributed by atoms with Gasteiger partial charge < -0.3 is 15.6 Å². The molecule has 1 aliphatic heterocycles. The molecule has 2 aromatic heterocycles. The third kappa shape index (κ3) is 1.98. The van der Waals surface area contributed by atoms with Gasteiger partial charge in [-0.1, -0.05) is 0 Å². The second-order valence-corrected chi connectivity index (χ2v) is 4.86. The van der Waals surface area contributed by atoms with Gasteiger partial charge in [0.15, 0.2) is 11.5 Å². The van der Waals surface area contributed by atoms with E-state index in [0.717, 1.165) is 0 Å². The molecule has 104 valence electrons. The number of hydrogen-bond donors (Lipinski definition) is 2. The van der Waals surface area contributed by atoms with Crippen molar-refractivity contribution in [2.24, 2.45) is 5.92 Å². The van der Waals surface area contributed by atoms with Gasteiger partial charge in [-0.2, -0.15) is 9.97 Å². The molecule has 3 rings (SSSR count). The molecule has 0 unspecified atom stereocenters. The highest BCUT2D eigenvalue weighted by atomic mass is 35.5. The van der Waals surface area contributed by atoms with Crippen LogP contribution in [0.4, 0.5) is 5.82 Å². The zero-order valence-electron chi connectivity index (χ0n) is 10.4. The van der Waals surface area contributed by atoms with E-state index >= 15 is 0 Å². The number of fused-ring (bicyclic) bond motifs is 1. The number of terminal acetylenes is 1. The number of aliphatic hydroxyl groups excluding tert-OH is 1. The largest absolute Gasteiger partial charge is 0.394 e. The standard InChI is InChI=1S/C12H12ClN5O2/c1-2-6-3-8(20-7(6)4-19)18-5-15-9-10(14)16-12(13)17-11(9)18/h1,5-8,19H,3-4H2,(H2,14,16,17)/t6-,7-,8-/m1/s1. The Morgan fingerprint density at radius 3 is 3.05 bits per heavy atom. The van der Waals surface area contributed by atoms with Crippen LogP contribution < -0.4 is 5.73 Å². The normalized spacial score (nSPS) is 25.9. The molecule has 1 fully saturated rings. The third-order valence-corrected chi connectivity index (χ3v) is 3.53. The molecule has 3 atom stereocenters. The number of hydrogen-bond acceptors (Lipinski definition) is 6. The van der Waals surface area contributed by atoms with Crippen molar-refractivity contribution >= 4 is 28.6 Å². The maximum atomic E-state index is 9.27. The Bertz CT molecular complexity index is 695. The van der Waals surface area contributed by atoms with E-state index in [2.05, 4.69) is 20.9 Å². The summed E-state index contributed by atoms with van der Waals surface area (Å²) in [5.41, 5.74) is 6.70. The van der Waals surface area contributed by atoms with Gasteiger partial charge in [0.25, 0.3) is 0 Å². The smallest absolute Gasteiger partial charge is 0.226 e. The summed E-state index contributed by atoms with van der Waals surface area (Å²) in [7, 11) is 0. The van der Waals surface area contributed by atoms with E-state index in [-0.39, 0.29) is 29.9 Å². The zero-order valence-corrected chi connectivity index (χ0v) is 11.2. The Morgan fingerprint density at radius 2 is 2.40 bits per heavy atom. The first-order valence-corrected chi connectivity index (χ1v) is 6.39. The average Bonchev–Trinajstić information content (AvgIpc) is 3.01. The molecular formula is C12H12ClN5O2. The van der Waals surface area contributed by atoms with E-state index in [1.165, 1.54) is 0 Å². The summed E-state index contributed by atoms with van der Waals surface area (Å²) in [6, 6.07) is 0. The van der Waals surface area contributed by atoms with Gasteiger partial charge in [0.1, 0.15) is 11.7 Å². The van der Waals surface area contributed by atoms with Gasteiger partial charge in [0.05, 0.1) is 25.0 Å². The van der Waals surface area contributed by atoms with E-state index in [4.69, 9.17) is 28.5 Å². The first kappa shape index (κ1) is 13.1. The first-order chi connectivity index (χ1) is 9.63. The highest BCUT2D eigenvalue weighted by Gasteiger charge is 2.35. The van der Waals surface area contributed by atoms with Crippen LogP contribution in [0.5, 0.6) is 0 Å². The van der Waals surface area contributed by atoms with Gasteiger partial charge in [-0.3, -0.25) is 4.57 Å². The Labute approximate surface area is 119 Å². The highest BCUT2D eigenvalue weighted by Crippen LogP contribution is 2.34. The lowest BCUT2D eigenvalue weighted by molar-refractivity contribution is -0.0252. The molecular weight excluding hydrogens is 282 g/mol. The van der Waals surface area contributed by atoms with Crippen molar-refractivity contribution in [2.45, 2.75) is 18.8 Å². The van der Waals surface area contributed by atoms with Crippen LogP contribution in [0.25, 0.3) is 11.2 Å². The molecule has 8 heteroatoms. The first-order valence-electron chi connectivity index (χ1n) is 6.02. The molecule has 0 aliphatic carbocycles. The van der Waals surface area contributed by atoms with Crippen molar-refractivity contribution < 1.29 is 9.84 Å². The number of anilines is 1. The average molecular weight is 294 g/mol. The van der Waals surface area contributed by atoms with Crippen LogP contribution in [0.2, 0.25) is 5.28 Å². The number of aliphatic hydroxyl groups is 1. The van der Waals surface area contributed by atoms with E-state index in [0.29, 0.717) is 17.6 Å². The third-order valence-electron chi connectivity index (χ3n) is 3.36.